The van der Waals surface area contributed by atoms with Crippen LogP contribution in [0.1, 0.15) is 29.8 Å². The second-order valence-electron chi connectivity index (χ2n) is 7.10. The van der Waals surface area contributed by atoms with Crippen molar-refractivity contribution in [3.8, 4) is 5.69 Å². The van der Waals surface area contributed by atoms with E-state index in [1.165, 1.54) is 25.4 Å². The fraction of sp³-hybridized carbons (Fsp3) is 0.250. The molecule has 2 heterocycles. The van der Waals surface area contributed by atoms with Crippen molar-refractivity contribution >= 4 is 34.3 Å². The molecule has 0 bridgehead atoms. The van der Waals surface area contributed by atoms with Crippen LogP contribution in [-0.4, -0.2) is 36.1 Å². The number of hydrogen-bond acceptors (Lipinski definition) is 7. The van der Waals surface area contributed by atoms with E-state index in [1.54, 1.807) is 31.2 Å². The highest BCUT2D eigenvalue weighted by Gasteiger charge is 2.35. The first kappa shape index (κ1) is 25.5. The Kier molecular flexibility index (Phi) is 7.79. The Bertz CT molecular complexity index is 1240. The molecule has 3 rings (SSSR count). The van der Waals surface area contributed by atoms with Gasteiger partial charge in [0.2, 0.25) is 5.91 Å². The minimum atomic E-state index is -4.67. The number of pyridine rings is 1. The summed E-state index contributed by atoms with van der Waals surface area (Å²) in [6.07, 6.45) is -3.30. The van der Waals surface area contributed by atoms with Gasteiger partial charge >= 0.3 is 6.18 Å². The lowest BCUT2D eigenvalue weighted by molar-refractivity contribution is -0.141. The first-order valence-corrected chi connectivity index (χ1v) is 11.1. The number of anilines is 1. The van der Waals surface area contributed by atoms with Crippen LogP contribution < -0.4 is 10.4 Å². The quantitative estimate of drug-likeness (QED) is 0.349. The van der Waals surface area contributed by atoms with Gasteiger partial charge in [0.25, 0.3) is 11.0 Å². The molecule has 0 fully saturated rings. The van der Waals surface area contributed by atoms with Crippen LogP contribution in [0.25, 0.3) is 5.69 Å². The summed E-state index contributed by atoms with van der Waals surface area (Å²) in [6, 6.07) is 10.0. The number of aromatic nitrogens is 3. The van der Waals surface area contributed by atoms with Crippen LogP contribution in [0.2, 0.25) is 5.02 Å². The van der Waals surface area contributed by atoms with Crippen LogP contribution in [-0.2, 0) is 32.8 Å². The molecule has 34 heavy (non-hydrogen) atoms. The Morgan fingerprint density at radius 1 is 1.26 bits per heavy atom. The van der Waals surface area contributed by atoms with E-state index in [1.807, 2.05) is 0 Å². The summed E-state index contributed by atoms with van der Waals surface area (Å²) in [5, 5.41) is 7.50. The first-order valence-electron chi connectivity index (χ1n) is 9.67. The second kappa shape index (κ2) is 10.4. The molecule has 1 amide bonds. The van der Waals surface area contributed by atoms with Crippen LogP contribution in [0.5, 0.6) is 0 Å². The number of halogens is 4. The minimum Gasteiger partial charge on any atom is -0.350 e. The van der Waals surface area contributed by atoms with E-state index in [4.69, 9.17) is 11.6 Å². The third-order valence-corrected chi connectivity index (χ3v) is 5.36. The lowest BCUT2D eigenvalue weighted by Gasteiger charge is -2.16. The minimum absolute atomic E-state index is 0.106. The Hall–Kier alpha value is -3.16. The van der Waals surface area contributed by atoms with Crippen LogP contribution in [0.15, 0.2) is 48.7 Å². The van der Waals surface area contributed by atoms with E-state index in [9.17, 15) is 26.4 Å². The third-order valence-electron chi connectivity index (χ3n) is 4.75. The Morgan fingerprint density at radius 2 is 2.00 bits per heavy atom. The number of carbonyl (C=O) groups excluding carboxylic acids is 1. The molecule has 0 spiro atoms. The van der Waals surface area contributed by atoms with Crippen molar-refractivity contribution in [1.29, 1.82) is 0 Å². The third kappa shape index (κ3) is 6.24. The molecular formula is C20H19ClF3N5O4S. The van der Waals surface area contributed by atoms with Crippen LogP contribution in [0.4, 0.5) is 19.0 Å². The predicted molar refractivity (Wildman–Crippen MR) is 118 cm³/mol. The predicted octanol–water partition coefficient (Wildman–Crippen LogP) is 3.25. The van der Waals surface area contributed by atoms with E-state index in [0.717, 1.165) is 15.8 Å². The molecular weight excluding hydrogens is 499 g/mol. The van der Waals surface area contributed by atoms with Gasteiger partial charge in [-0.2, -0.15) is 18.3 Å². The maximum Gasteiger partial charge on any atom is 0.435 e. The zero-order chi connectivity index (χ0) is 25.0. The van der Waals surface area contributed by atoms with Gasteiger partial charge in [-0.3, -0.25) is 4.79 Å². The number of nitrogens with one attached hydrogen (secondary N) is 1. The molecule has 14 heteroatoms. The smallest absolute Gasteiger partial charge is 0.350 e. The number of thiol groups is 1. The summed E-state index contributed by atoms with van der Waals surface area (Å²) < 4.78 is 66.6. The molecule has 9 nitrogen and oxygen atoms in total. The van der Waals surface area contributed by atoms with Crippen molar-refractivity contribution in [3.63, 3.8) is 0 Å². The second-order valence-corrected chi connectivity index (χ2v) is 8.15. The molecule has 2 aromatic heterocycles. The topological polar surface area (TPSA) is 106 Å². The van der Waals surface area contributed by atoms with Crippen LogP contribution >= 0.6 is 11.6 Å². The summed E-state index contributed by atoms with van der Waals surface area (Å²) in [5.74, 6) is -0.969. The summed E-state index contributed by atoms with van der Waals surface area (Å²) in [4.78, 5) is 16.7. The fourth-order valence-electron chi connectivity index (χ4n) is 2.98. The fourth-order valence-corrected chi connectivity index (χ4v) is 3.45. The Balaban J connectivity index is 1.75. The van der Waals surface area contributed by atoms with Crippen molar-refractivity contribution < 1.29 is 30.7 Å². The molecule has 1 N–H and O–H groups in total. The molecule has 1 unspecified atom stereocenters. The summed E-state index contributed by atoms with van der Waals surface area (Å²) in [5.41, 5.74) is -0.184. The number of nitrogens with zero attached hydrogens (tertiary/aromatic N) is 4. The average Bonchev–Trinajstić information content (AvgIpc) is 3.21. The molecule has 0 saturated heterocycles. The average molecular weight is 518 g/mol. The highest BCUT2D eigenvalue weighted by Crippen LogP contribution is 2.30. The van der Waals surface area contributed by atoms with E-state index in [-0.39, 0.29) is 18.1 Å². The molecule has 0 aliphatic rings. The highest BCUT2D eigenvalue weighted by atomic mass is 35.5. The number of rotatable bonds is 8. The van der Waals surface area contributed by atoms with Crippen molar-refractivity contribution in [2.75, 3.05) is 12.1 Å². The van der Waals surface area contributed by atoms with E-state index in [2.05, 4.69) is 19.7 Å². The van der Waals surface area contributed by atoms with E-state index < -0.39 is 34.7 Å². The number of benzene rings is 1. The summed E-state index contributed by atoms with van der Waals surface area (Å²) in [7, 11) is -1.76. The largest absolute Gasteiger partial charge is 0.435 e. The normalized spacial score (nSPS) is 12.6. The van der Waals surface area contributed by atoms with E-state index in [0.29, 0.717) is 16.3 Å². The summed E-state index contributed by atoms with van der Waals surface area (Å²) >= 11 is 5.96. The first-order chi connectivity index (χ1) is 16.0. The number of alkyl halides is 3. The molecule has 1 aromatic carbocycles. The number of hydrogen-bond donors (Lipinski definition) is 2. The van der Waals surface area contributed by atoms with Crippen LogP contribution in [0.3, 0.4) is 0 Å². The zero-order valence-electron chi connectivity index (χ0n) is 17.8. The molecule has 3 aromatic rings. The number of carbonyl (C=O) groups is 1. The maximum atomic E-state index is 13.2. The van der Waals surface area contributed by atoms with Gasteiger partial charge in [-0.05, 0) is 42.8 Å². The number of amides is 1. The van der Waals surface area contributed by atoms with Crippen molar-refractivity contribution in [2.24, 2.45) is 0 Å². The zero-order valence-corrected chi connectivity index (χ0v) is 19.4. The van der Waals surface area contributed by atoms with Crippen molar-refractivity contribution in [1.82, 2.24) is 20.1 Å². The Morgan fingerprint density at radius 3 is 2.59 bits per heavy atom. The molecule has 0 aliphatic heterocycles. The lowest BCUT2D eigenvalue weighted by Crippen LogP contribution is -2.28. The van der Waals surface area contributed by atoms with Crippen molar-refractivity contribution in [2.45, 2.75) is 25.6 Å². The van der Waals surface area contributed by atoms with Gasteiger partial charge in [-0.25, -0.2) is 23.1 Å². The van der Waals surface area contributed by atoms with Gasteiger partial charge in [0.05, 0.1) is 23.8 Å². The monoisotopic (exact) mass is 517 g/mol. The Labute approximate surface area is 199 Å². The van der Waals surface area contributed by atoms with Gasteiger partial charge in [0.15, 0.2) is 11.5 Å². The van der Waals surface area contributed by atoms with Gasteiger partial charge in [0.1, 0.15) is 0 Å². The van der Waals surface area contributed by atoms with Crippen LogP contribution in [0, 0.1) is 0 Å². The van der Waals surface area contributed by atoms with Gasteiger partial charge in [-0.15, -0.1) is 4.28 Å². The highest BCUT2D eigenvalue weighted by molar-refractivity contribution is 7.67. The SMILES string of the molecule is CC(C(=O)NCc1cc(C(F)(F)F)nn1-c1cccc(Cl)c1)c1ccc(N(C)O[SH](=O)=O)nc1. The molecule has 0 saturated carbocycles. The van der Waals surface area contributed by atoms with Crippen molar-refractivity contribution in [3.05, 3.63) is 70.6 Å². The standard InChI is InChI=1S/C20H19ClF3N5O4S/c1-12(13-6-7-18(25-10-13)28(2)33-34(31)32)19(30)26-11-16-9-17(20(22,23)24)27-29(16)15-5-3-4-14(21)8-15/h3-10,12,34H,11H2,1-2H3,(H,26,30). The maximum absolute atomic E-state index is 13.2. The summed E-state index contributed by atoms with van der Waals surface area (Å²) in [6.45, 7) is 1.37. The van der Waals surface area contributed by atoms with Gasteiger partial charge < -0.3 is 5.32 Å². The number of hydroxylamine groups is 1. The van der Waals surface area contributed by atoms with E-state index >= 15 is 0 Å². The van der Waals surface area contributed by atoms with Gasteiger partial charge in [0, 0.05) is 18.3 Å². The van der Waals surface area contributed by atoms with Gasteiger partial charge in [-0.1, -0.05) is 23.7 Å². The molecule has 0 aliphatic carbocycles. The molecule has 182 valence electrons. The molecule has 1 atom stereocenters. The lowest BCUT2D eigenvalue weighted by atomic mass is 10.0. The molecule has 0 radical (unpaired) electrons.